The van der Waals surface area contributed by atoms with Gasteiger partial charge in [-0.15, -0.1) is 11.3 Å². The van der Waals surface area contributed by atoms with E-state index >= 15 is 0 Å². The van der Waals surface area contributed by atoms with Gasteiger partial charge in [0.2, 0.25) is 0 Å². The number of benzene rings is 2. The monoisotopic (exact) mass is 394 g/mol. The smallest absolute Gasteiger partial charge is 0.265 e. The number of hydrogen-bond acceptors (Lipinski definition) is 4. The lowest BCUT2D eigenvalue weighted by Crippen LogP contribution is -2.27. The maximum Gasteiger partial charge on any atom is 0.265 e. The number of nitrogens with one attached hydrogen (secondary N) is 2. The first-order valence-electron chi connectivity index (χ1n) is 8.88. The molecule has 0 radical (unpaired) electrons. The van der Waals surface area contributed by atoms with Crippen LogP contribution in [-0.2, 0) is 0 Å². The number of hydrogen-bond donors (Lipinski definition) is 2. The first kappa shape index (κ1) is 19.6. The molecular formula is C22H22N2O3S. The molecule has 0 spiro atoms. The van der Waals surface area contributed by atoms with Crippen LogP contribution in [0.5, 0.6) is 5.75 Å². The van der Waals surface area contributed by atoms with E-state index in [1.165, 1.54) is 11.3 Å². The molecule has 1 aromatic heterocycles. The van der Waals surface area contributed by atoms with E-state index in [0.717, 1.165) is 16.9 Å². The predicted octanol–water partition coefficient (Wildman–Crippen LogP) is 4.81. The van der Waals surface area contributed by atoms with Crippen LogP contribution in [0.3, 0.4) is 0 Å². The zero-order chi connectivity index (χ0) is 20.1. The molecule has 1 atom stereocenters. The van der Waals surface area contributed by atoms with Gasteiger partial charge in [0, 0.05) is 16.8 Å². The minimum Gasteiger partial charge on any atom is -0.496 e. The molecule has 1 unspecified atom stereocenters. The van der Waals surface area contributed by atoms with Gasteiger partial charge in [-0.3, -0.25) is 9.59 Å². The second kappa shape index (κ2) is 8.71. The highest BCUT2D eigenvalue weighted by Gasteiger charge is 2.16. The largest absolute Gasteiger partial charge is 0.496 e. The first-order chi connectivity index (χ1) is 13.5. The van der Waals surface area contributed by atoms with Crippen LogP contribution < -0.4 is 15.4 Å². The number of rotatable bonds is 6. The normalized spacial score (nSPS) is 11.5. The molecule has 0 fully saturated rings. The van der Waals surface area contributed by atoms with Crippen molar-refractivity contribution >= 4 is 28.8 Å². The summed E-state index contributed by atoms with van der Waals surface area (Å²) in [6.45, 7) is 3.92. The van der Waals surface area contributed by atoms with Gasteiger partial charge in [-0.25, -0.2) is 0 Å². The molecule has 0 saturated carbocycles. The summed E-state index contributed by atoms with van der Waals surface area (Å²) in [6.07, 6.45) is 0. The quantitative estimate of drug-likeness (QED) is 0.631. The van der Waals surface area contributed by atoms with Crippen LogP contribution in [0.1, 0.15) is 44.1 Å². The molecule has 0 aliphatic rings. The van der Waals surface area contributed by atoms with Gasteiger partial charge in [-0.1, -0.05) is 23.8 Å². The highest BCUT2D eigenvalue weighted by atomic mass is 32.1. The Morgan fingerprint density at radius 2 is 1.79 bits per heavy atom. The van der Waals surface area contributed by atoms with Gasteiger partial charge in [0.1, 0.15) is 5.75 Å². The van der Waals surface area contributed by atoms with Gasteiger partial charge < -0.3 is 15.4 Å². The first-order valence-corrected chi connectivity index (χ1v) is 9.76. The van der Waals surface area contributed by atoms with Crippen molar-refractivity contribution in [1.82, 2.24) is 5.32 Å². The van der Waals surface area contributed by atoms with E-state index in [1.807, 2.05) is 43.5 Å². The van der Waals surface area contributed by atoms with Crippen LogP contribution in [0.15, 0.2) is 60.0 Å². The summed E-state index contributed by atoms with van der Waals surface area (Å²) in [6, 6.07) is 16.1. The number of anilines is 1. The zero-order valence-corrected chi connectivity index (χ0v) is 16.8. The number of methoxy groups -OCH3 is 1. The Morgan fingerprint density at radius 1 is 1.04 bits per heavy atom. The maximum atomic E-state index is 12.6. The van der Waals surface area contributed by atoms with E-state index in [0.29, 0.717) is 16.1 Å². The summed E-state index contributed by atoms with van der Waals surface area (Å²) >= 11 is 1.38. The Balaban J connectivity index is 1.66. The lowest BCUT2D eigenvalue weighted by Gasteiger charge is -2.18. The van der Waals surface area contributed by atoms with Gasteiger partial charge in [0.05, 0.1) is 18.0 Å². The lowest BCUT2D eigenvalue weighted by atomic mass is 10.0. The molecule has 2 amide bonds. The number of carbonyl (C=O) groups is 2. The fourth-order valence-electron chi connectivity index (χ4n) is 2.86. The Kier molecular flexibility index (Phi) is 6.11. The highest BCUT2D eigenvalue weighted by molar-refractivity contribution is 7.12. The summed E-state index contributed by atoms with van der Waals surface area (Å²) in [7, 11) is 1.62. The maximum absolute atomic E-state index is 12.6. The summed E-state index contributed by atoms with van der Waals surface area (Å²) in [5, 5.41) is 7.67. The fourth-order valence-corrected chi connectivity index (χ4v) is 3.47. The van der Waals surface area contributed by atoms with Gasteiger partial charge in [0.15, 0.2) is 0 Å². The molecule has 5 nitrogen and oxygen atoms in total. The molecule has 3 rings (SSSR count). The third kappa shape index (κ3) is 4.58. The lowest BCUT2D eigenvalue weighted by molar-refractivity contribution is 0.0939. The van der Waals surface area contributed by atoms with Crippen LogP contribution in [0.4, 0.5) is 5.69 Å². The summed E-state index contributed by atoms with van der Waals surface area (Å²) in [5.74, 6) is 0.393. The van der Waals surface area contributed by atoms with Crippen LogP contribution in [0.2, 0.25) is 0 Å². The van der Waals surface area contributed by atoms with E-state index in [1.54, 1.807) is 37.4 Å². The Hall–Kier alpha value is -3.12. The van der Waals surface area contributed by atoms with Crippen molar-refractivity contribution in [2.45, 2.75) is 19.9 Å². The Morgan fingerprint density at radius 3 is 2.43 bits per heavy atom. The molecule has 28 heavy (non-hydrogen) atoms. The van der Waals surface area contributed by atoms with Gasteiger partial charge in [-0.05, 0) is 55.6 Å². The molecule has 6 heteroatoms. The minimum atomic E-state index is -0.208. The number of carbonyl (C=O) groups excluding carboxylic acids is 2. The summed E-state index contributed by atoms with van der Waals surface area (Å²) in [5.41, 5.74) is 3.19. The van der Waals surface area contributed by atoms with Gasteiger partial charge >= 0.3 is 0 Å². The molecule has 0 saturated heterocycles. The zero-order valence-electron chi connectivity index (χ0n) is 16.0. The van der Waals surface area contributed by atoms with E-state index in [-0.39, 0.29) is 17.9 Å². The van der Waals surface area contributed by atoms with Crippen molar-refractivity contribution in [2.75, 3.05) is 12.4 Å². The molecular weight excluding hydrogens is 372 g/mol. The molecule has 2 N–H and O–H groups in total. The van der Waals surface area contributed by atoms with Gasteiger partial charge in [0.25, 0.3) is 11.8 Å². The second-order valence-corrected chi connectivity index (χ2v) is 7.40. The van der Waals surface area contributed by atoms with Crippen LogP contribution in [0, 0.1) is 6.92 Å². The highest BCUT2D eigenvalue weighted by Crippen LogP contribution is 2.26. The topological polar surface area (TPSA) is 67.4 Å². The molecule has 2 aromatic carbocycles. The Bertz CT molecular complexity index is 966. The van der Waals surface area contributed by atoms with Crippen molar-refractivity contribution in [2.24, 2.45) is 0 Å². The third-order valence-corrected chi connectivity index (χ3v) is 5.22. The van der Waals surface area contributed by atoms with E-state index in [4.69, 9.17) is 4.74 Å². The average Bonchev–Trinajstić information content (AvgIpc) is 3.23. The number of thiophene rings is 1. The molecule has 0 aliphatic carbocycles. The summed E-state index contributed by atoms with van der Waals surface area (Å²) in [4.78, 5) is 25.3. The molecule has 3 aromatic rings. The van der Waals surface area contributed by atoms with Crippen molar-refractivity contribution < 1.29 is 14.3 Å². The fraction of sp³-hybridized carbons (Fsp3) is 0.182. The van der Waals surface area contributed by atoms with Gasteiger partial charge in [-0.2, -0.15) is 0 Å². The van der Waals surface area contributed by atoms with Crippen LogP contribution >= 0.6 is 11.3 Å². The number of ether oxygens (including phenoxy) is 1. The summed E-state index contributed by atoms with van der Waals surface area (Å²) < 4.78 is 5.40. The molecule has 0 bridgehead atoms. The third-order valence-electron chi connectivity index (χ3n) is 4.35. The molecule has 0 aliphatic heterocycles. The molecule has 1 heterocycles. The number of amides is 2. The Labute approximate surface area is 168 Å². The SMILES string of the molecule is COc1ccc(C)cc1C(C)NC(=O)c1ccc(NC(=O)c2cccs2)cc1. The van der Waals surface area contributed by atoms with Crippen LogP contribution in [0.25, 0.3) is 0 Å². The predicted molar refractivity (Wildman–Crippen MR) is 112 cm³/mol. The minimum absolute atomic E-state index is 0.160. The van der Waals surface area contributed by atoms with E-state index in [2.05, 4.69) is 10.6 Å². The van der Waals surface area contributed by atoms with Crippen molar-refractivity contribution in [3.05, 3.63) is 81.5 Å². The van der Waals surface area contributed by atoms with Crippen molar-refractivity contribution in [3.63, 3.8) is 0 Å². The standard InChI is InChI=1S/C22H22N2O3S/c1-14-6-11-19(27-3)18(13-14)15(2)23-21(25)16-7-9-17(10-8-16)24-22(26)20-5-4-12-28-20/h4-13,15H,1-3H3,(H,23,25)(H,24,26). The molecule has 144 valence electrons. The average molecular weight is 394 g/mol. The second-order valence-electron chi connectivity index (χ2n) is 6.45. The van der Waals surface area contributed by atoms with E-state index in [9.17, 15) is 9.59 Å². The number of aryl methyl sites for hydroxylation is 1. The van der Waals surface area contributed by atoms with E-state index < -0.39 is 0 Å². The van der Waals surface area contributed by atoms with Crippen LogP contribution in [-0.4, -0.2) is 18.9 Å². The van der Waals surface area contributed by atoms with Crippen molar-refractivity contribution in [3.8, 4) is 5.75 Å². The van der Waals surface area contributed by atoms with Crippen molar-refractivity contribution in [1.29, 1.82) is 0 Å².